The molecule has 2 saturated heterocycles. The van der Waals surface area contributed by atoms with E-state index in [-0.39, 0.29) is 30.5 Å². The smallest absolute Gasteiger partial charge is 0.227 e. The highest BCUT2D eigenvalue weighted by atomic mass is 35.5. The summed E-state index contributed by atoms with van der Waals surface area (Å²) < 4.78 is 27.1. The predicted octanol–water partition coefficient (Wildman–Crippen LogP) is 2.66. The van der Waals surface area contributed by atoms with Crippen LogP contribution in [0.5, 0.6) is 0 Å². The van der Waals surface area contributed by atoms with E-state index in [2.05, 4.69) is 16.3 Å². The second-order valence-electron chi connectivity index (χ2n) is 9.07. The molecular formula is C25H31ClN4O4S. The van der Waals surface area contributed by atoms with Crippen molar-refractivity contribution in [2.75, 3.05) is 54.8 Å². The average molecular weight is 519 g/mol. The minimum Gasteiger partial charge on any atom is -0.369 e. The maximum atomic E-state index is 12.8. The van der Waals surface area contributed by atoms with E-state index in [1.807, 2.05) is 25.1 Å². The van der Waals surface area contributed by atoms with Crippen molar-refractivity contribution in [2.24, 2.45) is 5.92 Å². The van der Waals surface area contributed by atoms with Crippen LogP contribution in [-0.4, -0.2) is 69.6 Å². The van der Waals surface area contributed by atoms with Crippen LogP contribution in [0.1, 0.15) is 18.4 Å². The molecule has 2 fully saturated rings. The Morgan fingerprint density at radius 2 is 1.77 bits per heavy atom. The third-order valence-corrected chi connectivity index (χ3v) is 8.72. The fraction of sp³-hybridized carbons (Fsp3) is 0.440. The van der Waals surface area contributed by atoms with Gasteiger partial charge >= 0.3 is 0 Å². The summed E-state index contributed by atoms with van der Waals surface area (Å²) in [6.07, 6.45) is 0.464. The lowest BCUT2D eigenvalue weighted by Gasteiger charge is -2.35. The van der Waals surface area contributed by atoms with Crippen LogP contribution in [0.3, 0.4) is 0 Å². The first-order valence-electron chi connectivity index (χ1n) is 11.9. The number of sulfonamides is 1. The highest BCUT2D eigenvalue weighted by Gasteiger charge is 2.35. The van der Waals surface area contributed by atoms with Crippen molar-refractivity contribution in [3.63, 3.8) is 0 Å². The van der Waals surface area contributed by atoms with E-state index in [1.165, 1.54) is 5.56 Å². The molecule has 0 aromatic heterocycles. The Hall–Kier alpha value is -2.62. The highest BCUT2D eigenvalue weighted by molar-refractivity contribution is 7.89. The number of rotatable bonds is 8. The fourth-order valence-electron chi connectivity index (χ4n) is 4.54. The molecule has 1 N–H and O–H groups in total. The average Bonchev–Trinajstić information content (AvgIpc) is 3.24. The maximum Gasteiger partial charge on any atom is 0.227 e. The molecule has 2 amide bonds. The molecule has 188 valence electrons. The van der Waals surface area contributed by atoms with Gasteiger partial charge in [0.2, 0.25) is 21.8 Å². The number of nitrogens with one attached hydrogen (secondary N) is 1. The standard InChI is InChI=1S/C25H31ClN4O4S/c1-19-4-2-5-23(16-19)28-11-13-29(14-12-28)35(33,34)15-3-10-27-25(32)20-17-24(31)30(18-20)22-8-6-21(26)7-9-22/h2,4-9,16,20H,3,10-15,17-18H2,1H3,(H,27,32). The number of carbonyl (C=O) groups excluding carboxylic acids is 2. The van der Waals surface area contributed by atoms with Gasteiger partial charge in [-0.1, -0.05) is 23.7 Å². The lowest BCUT2D eigenvalue weighted by Crippen LogP contribution is -2.49. The molecule has 2 aliphatic rings. The lowest BCUT2D eigenvalue weighted by molar-refractivity contribution is -0.126. The van der Waals surface area contributed by atoms with E-state index < -0.39 is 15.9 Å². The first-order chi connectivity index (χ1) is 16.7. The van der Waals surface area contributed by atoms with Crippen molar-refractivity contribution in [3.05, 3.63) is 59.1 Å². The fourth-order valence-corrected chi connectivity index (χ4v) is 6.16. The van der Waals surface area contributed by atoms with Gasteiger partial charge in [-0.05, 0) is 55.3 Å². The molecule has 0 saturated carbocycles. The summed E-state index contributed by atoms with van der Waals surface area (Å²) in [4.78, 5) is 28.7. The van der Waals surface area contributed by atoms with Gasteiger partial charge in [0.15, 0.2) is 0 Å². The molecule has 2 aliphatic heterocycles. The van der Waals surface area contributed by atoms with Gasteiger partial charge in [-0.15, -0.1) is 0 Å². The summed E-state index contributed by atoms with van der Waals surface area (Å²) in [6, 6.07) is 15.1. The molecule has 10 heteroatoms. The Balaban J connectivity index is 1.19. The summed E-state index contributed by atoms with van der Waals surface area (Å²) in [6.45, 7) is 4.81. The third kappa shape index (κ3) is 6.34. The molecule has 0 spiro atoms. The van der Waals surface area contributed by atoms with Crippen LogP contribution in [0.25, 0.3) is 0 Å². The zero-order chi connectivity index (χ0) is 25.0. The number of carbonyl (C=O) groups is 2. The van der Waals surface area contributed by atoms with E-state index in [1.54, 1.807) is 33.5 Å². The Morgan fingerprint density at radius 3 is 2.46 bits per heavy atom. The van der Waals surface area contributed by atoms with E-state index in [0.29, 0.717) is 49.9 Å². The monoisotopic (exact) mass is 518 g/mol. The minimum absolute atomic E-state index is 0.0157. The van der Waals surface area contributed by atoms with Gasteiger partial charge in [0, 0.05) is 62.1 Å². The van der Waals surface area contributed by atoms with Crippen molar-refractivity contribution in [3.8, 4) is 0 Å². The molecule has 2 aromatic rings. The zero-order valence-corrected chi connectivity index (χ0v) is 21.4. The van der Waals surface area contributed by atoms with Crippen LogP contribution in [-0.2, 0) is 19.6 Å². The van der Waals surface area contributed by atoms with Crippen LogP contribution >= 0.6 is 11.6 Å². The molecular weight excluding hydrogens is 488 g/mol. The van der Waals surface area contributed by atoms with Crippen LogP contribution in [0.15, 0.2) is 48.5 Å². The van der Waals surface area contributed by atoms with Crippen LogP contribution < -0.4 is 15.1 Å². The minimum atomic E-state index is -3.39. The topological polar surface area (TPSA) is 90.0 Å². The van der Waals surface area contributed by atoms with E-state index in [9.17, 15) is 18.0 Å². The Labute approximate surface area is 211 Å². The third-order valence-electron chi connectivity index (χ3n) is 6.51. The molecule has 2 heterocycles. The predicted molar refractivity (Wildman–Crippen MR) is 138 cm³/mol. The number of benzene rings is 2. The number of hydrogen-bond acceptors (Lipinski definition) is 5. The molecule has 0 radical (unpaired) electrons. The van der Waals surface area contributed by atoms with Crippen molar-refractivity contribution in [1.82, 2.24) is 9.62 Å². The molecule has 1 unspecified atom stereocenters. The molecule has 0 aliphatic carbocycles. The van der Waals surface area contributed by atoms with Gasteiger partial charge in [-0.25, -0.2) is 8.42 Å². The van der Waals surface area contributed by atoms with Gasteiger partial charge in [-0.3, -0.25) is 9.59 Å². The summed E-state index contributed by atoms with van der Waals surface area (Å²) >= 11 is 5.91. The largest absolute Gasteiger partial charge is 0.369 e. The summed E-state index contributed by atoms with van der Waals surface area (Å²) in [5.41, 5.74) is 3.01. The molecule has 8 nitrogen and oxygen atoms in total. The molecule has 2 aromatic carbocycles. The second kappa shape index (κ2) is 11.0. The van der Waals surface area contributed by atoms with Crippen LogP contribution in [0.2, 0.25) is 5.02 Å². The lowest BCUT2D eigenvalue weighted by atomic mass is 10.1. The second-order valence-corrected chi connectivity index (χ2v) is 11.6. The summed E-state index contributed by atoms with van der Waals surface area (Å²) in [7, 11) is -3.39. The van der Waals surface area contributed by atoms with Crippen molar-refractivity contribution >= 4 is 44.8 Å². The zero-order valence-electron chi connectivity index (χ0n) is 19.8. The number of halogens is 1. The van der Waals surface area contributed by atoms with Crippen LogP contribution in [0.4, 0.5) is 11.4 Å². The number of hydrogen-bond donors (Lipinski definition) is 1. The van der Waals surface area contributed by atoms with E-state index >= 15 is 0 Å². The number of aryl methyl sites for hydroxylation is 1. The molecule has 1 atom stereocenters. The van der Waals surface area contributed by atoms with Crippen molar-refractivity contribution < 1.29 is 18.0 Å². The Bertz CT molecular complexity index is 1160. The highest BCUT2D eigenvalue weighted by Crippen LogP contribution is 2.26. The maximum absolute atomic E-state index is 12.8. The van der Waals surface area contributed by atoms with Gasteiger partial charge in [-0.2, -0.15) is 4.31 Å². The van der Waals surface area contributed by atoms with Crippen molar-refractivity contribution in [1.29, 1.82) is 0 Å². The SMILES string of the molecule is Cc1cccc(N2CCN(S(=O)(=O)CCCNC(=O)C3CC(=O)N(c4ccc(Cl)cc4)C3)CC2)c1. The molecule has 4 rings (SSSR count). The quantitative estimate of drug-likeness (QED) is 0.543. The van der Waals surface area contributed by atoms with E-state index in [0.717, 1.165) is 5.69 Å². The van der Waals surface area contributed by atoms with Crippen molar-refractivity contribution in [2.45, 2.75) is 19.8 Å². The first-order valence-corrected chi connectivity index (χ1v) is 13.8. The number of piperazine rings is 1. The van der Waals surface area contributed by atoms with Crippen LogP contribution in [0, 0.1) is 12.8 Å². The number of nitrogens with zero attached hydrogens (tertiary/aromatic N) is 3. The van der Waals surface area contributed by atoms with Gasteiger partial charge in [0.1, 0.15) is 0 Å². The Morgan fingerprint density at radius 1 is 1.06 bits per heavy atom. The van der Waals surface area contributed by atoms with Gasteiger partial charge in [0.05, 0.1) is 11.7 Å². The molecule has 0 bridgehead atoms. The summed E-state index contributed by atoms with van der Waals surface area (Å²) in [5, 5.41) is 3.39. The summed E-state index contributed by atoms with van der Waals surface area (Å²) in [5.74, 6) is -0.804. The number of anilines is 2. The van der Waals surface area contributed by atoms with E-state index in [4.69, 9.17) is 11.6 Å². The normalized spacial score (nSPS) is 19.3. The first kappa shape index (κ1) is 25.5. The Kier molecular flexibility index (Phi) is 7.98. The van der Waals surface area contributed by atoms with Gasteiger partial charge < -0.3 is 15.1 Å². The van der Waals surface area contributed by atoms with Gasteiger partial charge in [0.25, 0.3) is 0 Å². The molecule has 35 heavy (non-hydrogen) atoms. The number of amides is 2.